The maximum Gasteiger partial charge on any atom is 0.416 e. The molecule has 0 saturated carbocycles. The molecule has 1 N–H and O–H groups in total. The van der Waals surface area contributed by atoms with Gasteiger partial charge in [0, 0.05) is 13.2 Å². The molecule has 0 aliphatic rings. The highest BCUT2D eigenvalue weighted by Gasteiger charge is 2.29. The molecule has 2 nitrogen and oxygen atoms in total. The van der Waals surface area contributed by atoms with Gasteiger partial charge in [-0.1, -0.05) is 12.1 Å². The van der Waals surface area contributed by atoms with E-state index in [0.717, 1.165) is 30.5 Å². The quantitative estimate of drug-likeness (QED) is 0.850. The lowest BCUT2D eigenvalue weighted by Gasteiger charge is -2.15. The molecule has 0 aliphatic heterocycles. The SMILES string of the molecule is CNC(CCc1ccc(C(F)(F)F)cc1)COC. The zero-order valence-corrected chi connectivity index (χ0v) is 10.6. The summed E-state index contributed by atoms with van der Waals surface area (Å²) in [6, 6.07) is 5.53. The second-order valence-electron chi connectivity index (χ2n) is 4.17. The van der Waals surface area contributed by atoms with Crippen LogP contribution in [0.4, 0.5) is 13.2 Å². The van der Waals surface area contributed by atoms with E-state index in [1.54, 1.807) is 7.11 Å². The molecular weight excluding hydrogens is 243 g/mol. The predicted octanol–water partition coefficient (Wildman–Crippen LogP) is 2.87. The molecule has 1 aromatic rings. The van der Waals surface area contributed by atoms with Crippen molar-refractivity contribution < 1.29 is 17.9 Å². The maximum atomic E-state index is 12.4. The summed E-state index contributed by atoms with van der Waals surface area (Å²) >= 11 is 0. The number of methoxy groups -OCH3 is 1. The minimum Gasteiger partial charge on any atom is -0.383 e. The first kappa shape index (κ1) is 15.0. The number of likely N-dealkylation sites (N-methyl/N-ethyl adjacent to an activating group) is 1. The molecule has 1 unspecified atom stereocenters. The van der Waals surface area contributed by atoms with Gasteiger partial charge >= 0.3 is 6.18 Å². The lowest BCUT2D eigenvalue weighted by molar-refractivity contribution is -0.137. The maximum absolute atomic E-state index is 12.4. The van der Waals surface area contributed by atoms with Crippen LogP contribution in [0.5, 0.6) is 0 Å². The molecule has 1 atom stereocenters. The molecule has 1 rings (SSSR count). The number of rotatable bonds is 6. The van der Waals surface area contributed by atoms with Crippen LogP contribution in [0, 0.1) is 0 Å². The Morgan fingerprint density at radius 1 is 1.22 bits per heavy atom. The normalized spacial score (nSPS) is 13.6. The summed E-state index contributed by atoms with van der Waals surface area (Å²) in [4.78, 5) is 0. The van der Waals surface area contributed by atoms with Crippen LogP contribution in [0.1, 0.15) is 17.5 Å². The van der Waals surface area contributed by atoms with Crippen molar-refractivity contribution in [1.29, 1.82) is 0 Å². The molecule has 18 heavy (non-hydrogen) atoms. The first-order chi connectivity index (χ1) is 8.47. The Balaban J connectivity index is 2.53. The number of alkyl halides is 3. The molecular formula is C13H18F3NO. The summed E-state index contributed by atoms with van der Waals surface area (Å²) in [6.45, 7) is 0.594. The molecule has 0 bridgehead atoms. The van der Waals surface area contributed by atoms with Gasteiger partial charge in [0.2, 0.25) is 0 Å². The fourth-order valence-electron chi connectivity index (χ4n) is 1.71. The highest BCUT2D eigenvalue weighted by molar-refractivity contribution is 5.24. The van der Waals surface area contributed by atoms with E-state index in [1.807, 2.05) is 7.05 Å². The molecule has 0 amide bonds. The summed E-state index contributed by atoms with van der Waals surface area (Å²) < 4.78 is 42.1. The minimum absolute atomic E-state index is 0.220. The highest BCUT2D eigenvalue weighted by atomic mass is 19.4. The van der Waals surface area contributed by atoms with E-state index in [1.165, 1.54) is 12.1 Å². The smallest absolute Gasteiger partial charge is 0.383 e. The summed E-state index contributed by atoms with van der Waals surface area (Å²) in [5, 5.41) is 3.10. The fraction of sp³-hybridized carbons (Fsp3) is 0.538. The third kappa shape index (κ3) is 4.66. The summed E-state index contributed by atoms with van der Waals surface area (Å²) in [5.41, 5.74) is 0.299. The summed E-state index contributed by atoms with van der Waals surface area (Å²) in [7, 11) is 3.47. The van der Waals surface area contributed by atoms with Gasteiger partial charge in [0.1, 0.15) is 0 Å². The van der Waals surface area contributed by atoms with Crippen LogP contribution in [0.15, 0.2) is 24.3 Å². The van der Waals surface area contributed by atoms with E-state index in [4.69, 9.17) is 4.74 Å². The summed E-state index contributed by atoms with van der Waals surface area (Å²) in [5.74, 6) is 0. The first-order valence-electron chi connectivity index (χ1n) is 5.79. The van der Waals surface area contributed by atoms with Crippen LogP contribution in [-0.4, -0.2) is 26.8 Å². The number of nitrogens with one attached hydrogen (secondary N) is 1. The zero-order valence-electron chi connectivity index (χ0n) is 10.6. The standard InChI is InChI=1S/C13H18F3NO/c1-17-12(9-18-2)8-5-10-3-6-11(7-4-10)13(14,15)16/h3-4,6-7,12,17H,5,8-9H2,1-2H3. The topological polar surface area (TPSA) is 21.3 Å². The monoisotopic (exact) mass is 261 g/mol. The van der Waals surface area contributed by atoms with Crippen molar-refractivity contribution in [3.8, 4) is 0 Å². The third-order valence-electron chi connectivity index (χ3n) is 2.84. The molecule has 0 spiro atoms. The fourth-order valence-corrected chi connectivity index (χ4v) is 1.71. The van der Waals surface area contributed by atoms with E-state index in [0.29, 0.717) is 6.61 Å². The number of benzene rings is 1. The molecule has 0 radical (unpaired) electrons. The van der Waals surface area contributed by atoms with Crippen molar-refractivity contribution in [2.24, 2.45) is 0 Å². The van der Waals surface area contributed by atoms with Crippen LogP contribution in [0.3, 0.4) is 0 Å². The Morgan fingerprint density at radius 2 is 1.83 bits per heavy atom. The van der Waals surface area contributed by atoms with Crippen LogP contribution >= 0.6 is 0 Å². The molecule has 102 valence electrons. The van der Waals surface area contributed by atoms with Crippen LogP contribution in [0.2, 0.25) is 0 Å². The van der Waals surface area contributed by atoms with Gasteiger partial charge in [-0.05, 0) is 37.6 Å². The number of aryl methyl sites for hydroxylation is 1. The van der Waals surface area contributed by atoms with Gasteiger partial charge in [0.05, 0.1) is 12.2 Å². The predicted molar refractivity (Wildman–Crippen MR) is 64.5 cm³/mol. The molecule has 0 fully saturated rings. The van der Waals surface area contributed by atoms with Gasteiger partial charge in [0.25, 0.3) is 0 Å². The number of ether oxygens (including phenoxy) is 1. The molecule has 0 aromatic heterocycles. The van der Waals surface area contributed by atoms with Crippen molar-refractivity contribution in [2.75, 3.05) is 20.8 Å². The van der Waals surface area contributed by atoms with Crippen molar-refractivity contribution in [3.05, 3.63) is 35.4 Å². The second-order valence-corrected chi connectivity index (χ2v) is 4.17. The Morgan fingerprint density at radius 3 is 2.28 bits per heavy atom. The summed E-state index contributed by atoms with van der Waals surface area (Å²) in [6.07, 6.45) is -2.70. The molecule has 0 saturated heterocycles. The van der Waals surface area contributed by atoms with Gasteiger partial charge in [-0.2, -0.15) is 13.2 Å². The van der Waals surface area contributed by atoms with Gasteiger partial charge < -0.3 is 10.1 Å². The Bertz CT molecular complexity index is 348. The second kappa shape index (κ2) is 6.75. The Labute approximate surface area is 105 Å². The Kier molecular flexibility index (Phi) is 5.62. The van der Waals surface area contributed by atoms with Crippen molar-refractivity contribution >= 4 is 0 Å². The number of hydrogen-bond donors (Lipinski definition) is 1. The Hall–Kier alpha value is -1.07. The van der Waals surface area contributed by atoms with Gasteiger partial charge in [-0.25, -0.2) is 0 Å². The van der Waals surface area contributed by atoms with Gasteiger partial charge in [-0.15, -0.1) is 0 Å². The third-order valence-corrected chi connectivity index (χ3v) is 2.84. The van der Waals surface area contributed by atoms with Crippen molar-refractivity contribution in [2.45, 2.75) is 25.1 Å². The number of halogens is 3. The minimum atomic E-state index is -4.26. The molecule has 5 heteroatoms. The average Bonchev–Trinajstić information content (AvgIpc) is 2.34. The van der Waals surface area contributed by atoms with E-state index in [2.05, 4.69) is 5.32 Å². The van der Waals surface area contributed by atoms with E-state index < -0.39 is 11.7 Å². The molecule has 0 aliphatic carbocycles. The number of hydrogen-bond acceptors (Lipinski definition) is 2. The van der Waals surface area contributed by atoms with Crippen molar-refractivity contribution in [1.82, 2.24) is 5.32 Å². The first-order valence-corrected chi connectivity index (χ1v) is 5.79. The van der Waals surface area contributed by atoms with Gasteiger partial charge in [-0.3, -0.25) is 0 Å². The van der Waals surface area contributed by atoms with E-state index >= 15 is 0 Å². The van der Waals surface area contributed by atoms with Crippen LogP contribution in [0.25, 0.3) is 0 Å². The van der Waals surface area contributed by atoms with Crippen molar-refractivity contribution in [3.63, 3.8) is 0 Å². The largest absolute Gasteiger partial charge is 0.416 e. The molecule has 1 aromatic carbocycles. The van der Waals surface area contributed by atoms with Crippen LogP contribution < -0.4 is 5.32 Å². The van der Waals surface area contributed by atoms with Crippen LogP contribution in [-0.2, 0) is 17.3 Å². The zero-order chi connectivity index (χ0) is 13.6. The lowest BCUT2D eigenvalue weighted by Crippen LogP contribution is -2.30. The van der Waals surface area contributed by atoms with E-state index in [9.17, 15) is 13.2 Å². The van der Waals surface area contributed by atoms with Gasteiger partial charge in [0.15, 0.2) is 0 Å². The van der Waals surface area contributed by atoms with E-state index in [-0.39, 0.29) is 6.04 Å². The average molecular weight is 261 g/mol. The lowest BCUT2D eigenvalue weighted by atomic mass is 10.0. The highest BCUT2D eigenvalue weighted by Crippen LogP contribution is 2.29. The molecule has 0 heterocycles.